The Balaban J connectivity index is 2.56. The maximum absolute atomic E-state index is 10.4. The van der Waals surface area contributed by atoms with E-state index in [4.69, 9.17) is 4.52 Å². The number of hydrogen-bond donors (Lipinski definition) is 0. The summed E-state index contributed by atoms with van der Waals surface area (Å²) in [5.41, 5.74) is 1.72. The number of carbonyl (C=O) groups excluding carboxylic acids is 1. The number of benzene rings is 1. The van der Waals surface area contributed by atoms with Gasteiger partial charge in [-0.05, 0) is 17.7 Å². The molecule has 0 aliphatic rings. The van der Waals surface area contributed by atoms with Gasteiger partial charge in [-0.3, -0.25) is 0 Å². The van der Waals surface area contributed by atoms with Crippen LogP contribution in [0.2, 0.25) is 0 Å². The molecule has 0 radical (unpaired) electrons. The number of nitrogens with zero attached hydrogens (tertiary/aromatic N) is 2. The Morgan fingerprint density at radius 2 is 2.27 bits per heavy atom. The summed E-state index contributed by atoms with van der Waals surface area (Å²) >= 11 is 0. The maximum atomic E-state index is 10.4. The second-order valence-electron chi connectivity index (χ2n) is 3.60. The zero-order valence-corrected chi connectivity index (χ0v) is 8.73. The third kappa shape index (κ3) is 1.70. The summed E-state index contributed by atoms with van der Waals surface area (Å²) in [5, 5.41) is 4.90. The van der Waals surface area contributed by atoms with Gasteiger partial charge in [0.05, 0.1) is 5.39 Å². The first kappa shape index (κ1) is 9.71. The molecule has 4 nitrogen and oxygen atoms in total. The Kier molecular flexibility index (Phi) is 2.41. The lowest BCUT2D eigenvalue weighted by atomic mass is 10.1. The smallest absolute Gasteiger partial charge is 0.179 e. The van der Waals surface area contributed by atoms with Gasteiger partial charge in [0.25, 0.3) is 0 Å². The molecule has 0 atom stereocenters. The van der Waals surface area contributed by atoms with E-state index in [1.165, 1.54) is 0 Å². The number of aldehydes is 1. The summed E-state index contributed by atoms with van der Waals surface area (Å²) < 4.78 is 5.16. The highest BCUT2D eigenvalue weighted by Gasteiger charge is 2.09. The summed E-state index contributed by atoms with van der Waals surface area (Å²) in [6.45, 7) is 0. The van der Waals surface area contributed by atoms with Gasteiger partial charge in [-0.2, -0.15) is 0 Å². The second-order valence-corrected chi connectivity index (χ2v) is 3.60. The minimum absolute atomic E-state index is 0.425. The molecule has 15 heavy (non-hydrogen) atoms. The van der Waals surface area contributed by atoms with Crippen molar-refractivity contribution in [3.05, 3.63) is 23.8 Å². The molecule has 0 saturated carbocycles. The molecule has 4 heteroatoms. The molecule has 0 aliphatic carbocycles. The SMILES string of the molecule is CN(C)c1noc2ccc(CC=O)cc12. The monoisotopic (exact) mass is 204 g/mol. The zero-order chi connectivity index (χ0) is 10.8. The van der Waals surface area contributed by atoms with Crippen molar-refractivity contribution in [1.82, 2.24) is 5.16 Å². The molecule has 0 unspecified atom stereocenters. The first-order valence-corrected chi connectivity index (χ1v) is 4.71. The Bertz CT molecular complexity index is 488. The van der Waals surface area contributed by atoms with Crippen molar-refractivity contribution in [2.45, 2.75) is 6.42 Å². The van der Waals surface area contributed by atoms with E-state index in [2.05, 4.69) is 5.16 Å². The topological polar surface area (TPSA) is 46.3 Å². The van der Waals surface area contributed by atoms with Gasteiger partial charge in [-0.1, -0.05) is 11.2 Å². The Hall–Kier alpha value is -1.84. The van der Waals surface area contributed by atoms with Crippen LogP contribution in [0.5, 0.6) is 0 Å². The van der Waals surface area contributed by atoms with Crippen molar-refractivity contribution < 1.29 is 9.32 Å². The van der Waals surface area contributed by atoms with Gasteiger partial charge in [0.2, 0.25) is 0 Å². The van der Waals surface area contributed by atoms with Gasteiger partial charge in [0.15, 0.2) is 11.4 Å². The summed E-state index contributed by atoms with van der Waals surface area (Å²) in [7, 11) is 3.81. The molecule has 0 saturated heterocycles. The summed E-state index contributed by atoms with van der Waals surface area (Å²) in [6, 6.07) is 5.66. The molecule has 0 aliphatic heterocycles. The van der Waals surface area contributed by atoms with Crippen LogP contribution in [-0.4, -0.2) is 25.5 Å². The van der Waals surface area contributed by atoms with Gasteiger partial charge < -0.3 is 14.2 Å². The van der Waals surface area contributed by atoms with Gasteiger partial charge >= 0.3 is 0 Å². The number of anilines is 1. The van der Waals surface area contributed by atoms with E-state index >= 15 is 0 Å². The fourth-order valence-electron chi connectivity index (χ4n) is 1.52. The van der Waals surface area contributed by atoms with Crippen molar-refractivity contribution >= 4 is 23.1 Å². The van der Waals surface area contributed by atoms with Crippen LogP contribution >= 0.6 is 0 Å². The molecule has 2 aromatic rings. The molecule has 0 fully saturated rings. The standard InChI is InChI=1S/C11H12N2O2/c1-13(2)11-9-7-8(5-6-14)3-4-10(9)15-12-11/h3-4,6-7H,5H2,1-2H3. The lowest BCUT2D eigenvalue weighted by Crippen LogP contribution is -2.09. The van der Waals surface area contributed by atoms with Crippen molar-refractivity contribution in [3.8, 4) is 0 Å². The van der Waals surface area contributed by atoms with Crippen LogP contribution in [0.1, 0.15) is 5.56 Å². The van der Waals surface area contributed by atoms with Crippen molar-refractivity contribution in [3.63, 3.8) is 0 Å². The molecule has 1 aromatic heterocycles. The molecule has 0 spiro atoms. The van der Waals surface area contributed by atoms with E-state index in [1.807, 2.05) is 37.2 Å². The largest absolute Gasteiger partial charge is 0.359 e. The van der Waals surface area contributed by atoms with Crippen LogP contribution < -0.4 is 4.90 Å². The highest BCUT2D eigenvalue weighted by molar-refractivity contribution is 5.89. The predicted octanol–water partition coefficient (Wildman–Crippen LogP) is 1.64. The van der Waals surface area contributed by atoms with Gasteiger partial charge in [0.1, 0.15) is 6.29 Å². The van der Waals surface area contributed by atoms with E-state index in [1.54, 1.807) is 0 Å². The average molecular weight is 204 g/mol. The highest BCUT2D eigenvalue weighted by atomic mass is 16.5. The molecule has 1 aromatic carbocycles. The zero-order valence-electron chi connectivity index (χ0n) is 8.73. The Morgan fingerprint density at radius 3 is 2.93 bits per heavy atom. The Labute approximate surface area is 87.5 Å². The maximum Gasteiger partial charge on any atom is 0.179 e. The lowest BCUT2D eigenvalue weighted by Gasteiger charge is -2.06. The average Bonchev–Trinajstić information content (AvgIpc) is 2.61. The minimum atomic E-state index is 0.425. The molecule has 1 heterocycles. The third-order valence-corrected chi connectivity index (χ3v) is 2.26. The summed E-state index contributed by atoms with van der Waals surface area (Å²) in [6.07, 6.45) is 1.32. The first-order chi connectivity index (χ1) is 7.22. The number of fused-ring (bicyclic) bond motifs is 1. The van der Waals surface area contributed by atoms with Gasteiger partial charge in [-0.25, -0.2) is 0 Å². The summed E-state index contributed by atoms with van der Waals surface area (Å²) in [4.78, 5) is 12.3. The molecular formula is C11H12N2O2. The quantitative estimate of drug-likeness (QED) is 0.713. The van der Waals surface area contributed by atoms with E-state index in [9.17, 15) is 4.79 Å². The summed E-state index contributed by atoms with van der Waals surface area (Å²) in [5.74, 6) is 0.790. The molecular weight excluding hydrogens is 192 g/mol. The number of carbonyl (C=O) groups is 1. The van der Waals surface area contributed by atoms with E-state index < -0.39 is 0 Å². The lowest BCUT2D eigenvalue weighted by molar-refractivity contribution is -0.107. The molecule has 78 valence electrons. The minimum Gasteiger partial charge on any atom is -0.359 e. The normalized spacial score (nSPS) is 10.5. The number of rotatable bonds is 3. The molecule has 0 amide bonds. The van der Waals surface area contributed by atoms with Crippen LogP contribution in [0.15, 0.2) is 22.7 Å². The molecule has 0 bridgehead atoms. The van der Waals surface area contributed by atoms with Gasteiger partial charge in [0, 0.05) is 20.5 Å². The Morgan fingerprint density at radius 1 is 1.47 bits per heavy atom. The van der Waals surface area contributed by atoms with E-state index in [0.717, 1.165) is 28.6 Å². The first-order valence-electron chi connectivity index (χ1n) is 4.71. The second kappa shape index (κ2) is 3.73. The highest BCUT2D eigenvalue weighted by Crippen LogP contribution is 2.25. The van der Waals surface area contributed by atoms with E-state index in [0.29, 0.717) is 6.42 Å². The van der Waals surface area contributed by atoms with Crippen molar-refractivity contribution in [1.29, 1.82) is 0 Å². The van der Waals surface area contributed by atoms with Crippen LogP contribution in [0, 0.1) is 0 Å². The number of hydrogen-bond acceptors (Lipinski definition) is 4. The number of aromatic nitrogens is 1. The van der Waals surface area contributed by atoms with Crippen LogP contribution in [0.25, 0.3) is 11.0 Å². The molecule has 0 N–H and O–H groups in total. The van der Waals surface area contributed by atoms with Crippen molar-refractivity contribution in [2.75, 3.05) is 19.0 Å². The van der Waals surface area contributed by atoms with Crippen LogP contribution in [-0.2, 0) is 11.2 Å². The fourth-order valence-corrected chi connectivity index (χ4v) is 1.52. The van der Waals surface area contributed by atoms with Crippen LogP contribution in [0.4, 0.5) is 5.82 Å². The van der Waals surface area contributed by atoms with Crippen LogP contribution in [0.3, 0.4) is 0 Å². The predicted molar refractivity (Wildman–Crippen MR) is 58.1 cm³/mol. The van der Waals surface area contributed by atoms with Gasteiger partial charge in [-0.15, -0.1) is 0 Å². The van der Waals surface area contributed by atoms with E-state index in [-0.39, 0.29) is 0 Å². The molecule has 2 rings (SSSR count). The van der Waals surface area contributed by atoms with Crippen molar-refractivity contribution in [2.24, 2.45) is 0 Å². The fraction of sp³-hybridized carbons (Fsp3) is 0.273. The third-order valence-electron chi connectivity index (χ3n) is 2.26.